The van der Waals surface area contributed by atoms with Crippen LogP contribution in [0.15, 0.2) is 35.5 Å². The molecular weight excluding hydrogens is 432 g/mol. The van der Waals surface area contributed by atoms with Crippen molar-refractivity contribution in [1.82, 2.24) is 30.0 Å². The lowest BCUT2D eigenvalue weighted by Gasteiger charge is -2.19. The SMILES string of the molecule is CC(C)c1c(N[C@H]2CCNC2)ncnc1-n1nc(Nc2ccc(S(N)(=O)=O)cc2)nc1N. The molecule has 1 fully saturated rings. The van der Waals surface area contributed by atoms with E-state index < -0.39 is 10.0 Å². The van der Waals surface area contributed by atoms with Gasteiger partial charge in [0.1, 0.15) is 12.1 Å². The Kier molecular flexibility index (Phi) is 5.95. The van der Waals surface area contributed by atoms with Gasteiger partial charge in [-0.2, -0.15) is 9.67 Å². The van der Waals surface area contributed by atoms with E-state index in [2.05, 4.69) is 49.8 Å². The number of nitrogens with two attached hydrogens (primary N) is 2. The van der Waals surface area contributed by atoms with Crippen LogP contribution in [-0.4, -0.2) is 52.3 Å². The molecule has 0 amide bonds. The lowest BCUT2D eigenvalue weighted by Crippen LogP contribution is -2.24. The molecule has 32 heavy (non-hydrogen) atoms. The van der Waals surface area contributed by atoms with E-state index in [0.717, 1.165) is 30.9 Å². The van der Waals surface area contributed by atoms with Crippen LogP contribution in [0.4, 0.5) is 23.4 Å². The Labute approximate surface area is 185 Å². The molecule has 0 spiro atoms. The largest absolute Gasteiger partial charge is 0.368 e. The van der Waals surface area contributed by atoms with Crippen LogP contribution in [0.25, 0.3) is 5.82 Å². The fourth-order valence-corrected chi connectivity index (χ4v) is 4.08. The van der Waals surface area contributed by atoms with Crippen LogP contribution in [0.3, 0.4) is 0 Å². The standard InChI is InChI=1S/C19H26N10O2S/c1-11(2)15-16(25-13-7-8-22-9-13)23-10-24-17(15)29-18(20)27-19(28-29)26-12-3-5-14(6-4-12)32(21,30)31/h3-6,10-11,13,22H,7-9H2,1-2H3,(H2,21,30,31)(H,23,24,25)(H3,20,26,27,28)/t13-/m0/s1. The van der Waals surface area contributed by atoms with Crippen molar-refractivity contribution in [1.29, 1.82) is 0 Å². The van der Waals surface area contributed by atoms with Gasteiger partial charge in [0.25, 0.3) is 0 Å². The Hall–Kier alpha value is -3.29. The van der Waals surface area contributed by atoms with E-state index in [-0.39, 0.29) is 22.7 Å². The highest BCUT2D eigenvalue weighted by molar-refractivity contribution is 7.89. The van der Waals surface area contributed by atoms with E-state index in [0.29, 0.717) is 17.5 Å². The third-order valence-electron chi connectivity index (χ3n) is 5.11. The highest BCUT2D eigenvalue weighted by atomic mass is 32.2. The van der Waals surface area contributed by atoms with Crippen molar-refractivity contribution in [2.24, 2.45) is 5.14 Å². The zero-order valence-electron chi connectivity index (χ0n) is 17.8. The van der Waals surface area contributed by atoms with Crippen LogP contribution in [0.5, 0.6) is 0 Å². The van der Waals surface area contributed by atoms with Gasteiger partial charge in [0, 0.05) is 23.8 Å². The summed E-state index contributed by atoms with van der Waals surface area (Å²) in [6.07, 6.45) is 2.49. The molecule has 0 bridgehead atoms. The number of nitrogen functional groups attached to an aromatic ring is 1. The number of hydrogen-bond donors (Lipinski definition) is 5. The molecule has 0 unspecified atom stereocenters. The molecule has 0 saturated carbocycles. The summed E-state index contributed by atoms with van der Waals surface area (Å²) in [5, 5.41) is 19.4. The van der Waals surface area contributed by atoms with Gasteiger partial charge in [0.2, 0.25) is 21.9 Å². The van der Waals surface area contributed by atoms with Gasteiger partial charge in [0.15, 0.2) is 5.82 Å². The summed E-state index contributed by atoms with van der Waals surface area (Å²) in [4.78, 5) is 13.2. The molecule has 2 aromatic heterocycles. The van der Waals surface area contributed by atoms with Gasteiger partial charge in [-0.15, -0.1) is 5.10 Å². The minimum atomic E-state index is -3.76. The third-order valence-corrected chi connectivity index (χ3v) is 6.04. The molecule has 0 radical (unpaired) electrons. The highest BCUT2D eigenvalue weighted by Crippen LogP contribution is 2.29. The maximum Gasteiger partial charge on any atom is 0.248 e. The molecule has 1 aliphatic rings. The van der Waals surface area contributed by atoms with Crippen molar-refractivity contribution in [2.75, 3.05) is 29.5 Å². The third kappa shape index (κ3) is 4.64. The summed E-state index contributed by atoms with van der Waals surface area (Å²) < 4.78 is 24.3. The van der Waals surface area contributed by atoms with Crippen molar-refractivity contribution in [3.05, 3.63) is 36.2 Å². The van der Waals surface area contributed by atoms with Crippen LogP contribution in [0.1, 0.15) is 31.7 Å². The quantitative estimate of drug-likeness (QED) is 0.342. The molecule has 1 atom stereocenters. The molecule has 3 heterocycles. The summed E-state index contributed by atoms with van der Waals surface area (Å²) in [7, 11) is -3.76. The highest BCUT2D eigenvalue weighted by Gasteiger charge is 2.23. The number of nitrogens with zero attached hydrogens (tertiary/aromatic N) is 5. The van der Waals surface area contributed by atoms with E-state index in [9.17, 15) is 8.42 Å². The first-order valence-electron chi connectivity index (χ1n) is 10.2. The number of hydrogen-bond acceptors (Lipinski definition) is 10. The molecule has 1 saturated heterocycles. The molecule has 3 aromatic rings. The Balaban J connectivity index is 1.63. The fourth-order valence-electron chi connectivity index (χ4n) is 3.56. The van der Waals surface area contributed by atoms with Crippen LogP contribution in [0.2, 0.25) is 0 Å². The first-order chi connectivity index (χ1) is 15.2. The molecule has 170 valence electrons. The second-order valence-electron chi connectivity index (χ2n) is 7.85. The maximum atomic E-state index is 11.4. The number of primary sulfonamides is 1. The van der Waals surface area contributed by atoms with Gasteiger partial charge in [-0.25, -0.2) is 23.5 Å². The Morgan fingerprint density at radius 1 is 1.22 bits per heavy atom. The van der Waals surface area contributed by atoms with E-state index in [4.69, 9.17) is 10.9 Å². The van der Waals surface area contributed by atoms with E-state index in [1.807, 2.05) is 0 Å². The molecule has 1 aliphatic heterocycles. The molecule has 1 aromatic carbocycles. The van der Waals surface area contributed by atoms with Crippen molar-refractivity contribution in [3.8, 4) is 5.82 Å². The van der Waals surface area contributed by atoms with E-state index >= 15 is 0 Å². The molecule has 4 rings (SSSR count). The molecule has 0 aliphatic carbocycles. The predicted octanol–water partition coefficient (Wildman–Crippen LogP) is 0.928. The number of rotatable bonds is 7. The number of nitrogens with one attached hydrogen (secondary N) is 3. The van der Waals surface area contributed by atoms with Crippen LogP contribution in [0, 0.1) is 0 Å². The molecule has 13 heteroatoms. The summed E-state index contributed by atoms with van der Waals surface area (Å²) in [5.74, 6) is 1.80. The Morgan fingerprint density at radius 3 is 2.59 bits per heavy atom. The van der Waals surface area contributed by atoms with Gasteiger partial charge >= 0.3 is 0 Å². The maximum absolute atomic E-state index is 11.4. The normalized spacial score (nSPS) is 16.4. The summed E-state index contributed by atoms with van der Waals surface area (Å²) in [5.41, 5.74) is 7.62. The first kappa shape index (κ1) is 21.9. The Morgan fingerprint density at radius 2 is 1.97 bits per heavy atom. The van der Waals surface area contributed by atoms with Gasteiger partial charge in [-0.1, -0.05) is 13.8 Å². The van der Waals surface area contributed by atoms with Crippen LogP contribution >= 0.6 is 0 Å². The number of aromatic nitrogens is 5. The number of sulfonamides is 1. The second kappa shape index (κ2) is 8.68. The first-order valence-corrected chi connectivity index (χ1v) is 11.7. The average molecular weight is 459 g/mol. The monoisotopic (exact) mass is 458 g/mol. The minimum absolute atomic E-state index is 0.0149. The zero-order chi connectivity index (χ0) is 22.9. The molecular formula is C19H26N10O2S. The fraction of sp³-hybridized carbons (Fsp3) is 0.368. The smallest absolute Gasteiger partial charge is 0.248 e. The molecule has 12 nitrogen and oxygen atoms in total. The zero-order valence-corrected chi connectivity index (χ0v) is 18.6. The minimum Gasteiger partial charge on any atom is -0.368 e. The lowest BCUT2D eigenvalue weighted by molar-refractivity contribution is 0.598. The summed E-state index contributed by atoms with van der Waals surface area (Å²) >= 11 is 0. The summed E-state index contributed by atoms with van der Waals surface area (Å²) in [6, 6.07) is 6.22. The lowest BCUT2D eigenvalue weighted by atomic mass is 10.0. The van der Waals surface area contributed by atoms with Crippen LogP contribution < -0.4 is 26.8 Å². The van der Waals surface area contributed by atoms with Gasteiger partial charge in [0.05, 0.1) is 4.90 Å². The van der Waals surface area contributed by atoms with Crippen molar-refractivity contribution in [3.63, 3.8) is 0 Å². The number of anilines is 4. The van der Waals surface area contributed by atoms with Crippen molar-refractivity contribution in [2.45, 2.75) is 37.1 Å². The average Bonchev–Trinajstić information content (AvgIpc) is 3.37. The van der Waals surface area contributed by atoms with E-state index in [1.165, 1.54) is 23.1 Å². The van der Waals surface area contributed by atoms with Crippen molar-refractivity contribution >= 4 is 33.4 Å². The summed E-state index contributed by atoms with van der Waals surface area (Å²) in [6.45, 7) is 5.95. The topological polar surface area (TPSA) is 179 Å². The van der Waals surface area contributed by atoms with Crippen LogP contribution in [-0.2, 0) is 10.0 Å². The van der Waals surface area contributed by atoms with E-state index in [1.54, 1.807) is 12.1 Å². The van der Waals surface area contributed by atoms with Gasteiger partial charge < -0.3 is 21.7 Å². The van der Waals surface area contributed by atoms with Gasteiger partial charge in [-0.3, -0.25) is 0 Å². The molecule has 7 N–H and O–H groups in total. The van der Waals surface area contributed by atoms with Crippen molar-refractivity contribution < 1.29 is 8.42 Å². The predicted molar refractivity (Wildman–Crippen MR) is 121 cm³/mol. The van der Waals surface area contributed by atoms with Gasteiger partial charge in [-0.05, 0) is 43.1 Å². The Bertz CT molecular complexity index is 1200. The number of benzene rings is 1. The second-order valence-corrected chi connectivity index (χ2v) is 9.41.